The van der Waals surface area contributed by atoms with Crippen molar-refractivity contribution in [2.24, 2.45) is 0 Å². The highest BCUT2D eigenvalue weighted by atomic mass is 16.6. The molecule has 1 heterocycles. The van der Waals surface area contributed by atoms with Crippen molar-refractivity contribution < 1.29 is 19.4 Å². The minimum absolute atomic E-state index is 0.164. The average molecular weight is 203 g/mol. The predicted molar refractivity (Wildman–Crippen MR) is 50.0 cm³/mol. The molecule has 1 rings (SSSR count). The van der Waals surface area contributed by atoms with Gasteiger partial charge in [0, 0.05) is 27.1 Å². The molecule has 5 nitrogen and oxygen atoms in total. The molecule has 1 N–H and O–H groups in total. The third-order valence-electron chi connectivity index (χ3n) is 2.10. The van der Waals surface area contributed by atoms with Gasteiger partial charge in [-0.15, -0.1) is 0 Å². The molecule has 82 valence electrons. The lowest BCUT2D eigenvalue weighted by atomic mass is 10.1. The number of hydrogen-bond acceptors (Lipinski definition) is 4. The van der Waals surface area contributed by atoms with E-state index >= 15 is 0 Å². The number of aliphatic hydroxyl groups is 1. The Bertz CT molecular complexity index is 195. The Labute approximate surface area is 83.6 Å². The van der Waals surface area contributed by atoms with Crippen LogP contribution in [0.4, 0.5) is 4.79 Å². The summed E-state index contributed by atoms with van der Waals surface area (Å²) in [6.45, 7) is 0.749. The van der Waals surface area contributed by atoms with Crippen LogP contribution in [0.15, 0.2) is 0 Å². The second kappa shape index (κ2) is 5.17. The van der Waals surface area contributed by atoms with Gasteiger partial charge in [-0.1, -0.05) is 0 Å². The van der Waals surface area contributed by atoms with Gasteiger partial charge in [0.1, 0.15) is 6.61 Å². The summed E-state index contributed by atoms with van der Waals surface area (Å²) in [6.07, 6.45) is 0.335. The van der Waals surface area contributed by atoms with Gasteiger partial charge in [-0.05, 0) is 6.42 Å². The average Bonchev–Trinajstić information content (AvgIpc) is 2.14. The van der Waals surface area contributed by atoms with E-state index in [4.69, 9.17) is 9.47 Å². The standard InChI is InChI=1S/C9H17NO4/c1-10(2)9(12)14-6-8-5-7(11)3-4-13-8/h7-8,11H,3-6H2,1-2H3/t7-,8+/m1/s1. The first-order valence-corrected chi connectivity index (χ1v) is 4.73. The molecule has 2 atom stereocenters. The fraction of sp³-hybridized carbons (Fsp3) is 0.889. The number of amides is 1. The SMILES string of the molecule is CN(C)C(=O)OC[C@@H]1C[C@H](O)CCO1. The smallest absolute Gasteiger partial charge is 0.409 e. The van der Waals surface area contributed by atoms with Gasteiger partial charge in [0.05, 0.1) is 12.2 Å². The molecule has 1 fully saturated rings. The Morgan fingerprint density at radius 1 is 1.64 bits per heavy atom. The first-order valence-electron chi connectivity index (χ1n) is 4.73. The van der Waals surface area contributed by atoms with Crippen LogP contribution in [0.1, 0.15) is 12.8 Å². The summed E-state index contributed by atoms with van der Waals surface area (Å²) < 4.78 is 10.3. The highest BCUT2D eigenvalue weighted by Crippen LogP contribution is 2.13. The minimum Gasteiger partial charge on any atom is -0.447 e. The van der Waals surface area contributed by atoms with Crippen LogP contribution < -0.4 is 0 Å². The molecule has 0 unspecified atom stereocenters. The molecule has 0 bridgehead atoms. The van der Waals surface area contributed by atoms with Crippen molar-refractivity contribution in [1.82, 2.24) is 4.90 Å². The molecule has 0 saturated carbocycles. The molecule has 0 aliphatic carbocycles. The summed E-state index contributed by atoms with van der Waals surface area (Å²) in [4.78, 5) is 12.4. The fourth-order valence-corrected chi connectivity index (χ4v) is 1.27. The molecule has 1 amide bonds. The molecule has 1 aliphatic heterocycles. The van der Waals surface area contributed by atoms with E-state index in [0.717, 1.165) is 0 Å². The van der Waals surface area contributed by atoms with E-state index in [-0.39, 0.29) is 24.9 Å². The van der Waals surface area contributed by atoms with Crippen molar-refractivity contribution in [2.75, 3.05) is 27.3 Å². The summed E-state index contributed by atoms with van der Waals surface area (Å²) in [6, 6.07) is 0. The Hall–Kier alpha value is -0.810. The number of carbonyl (C=O) groups excluding carboxylic acids is 1. The van der Waals surface area contributed by atoms with E-state index in [1.54, 1.807) is 14.1 Å². The zero-order valence-electron chi connectivity index (χ0n) is 8.60. The maximum Gasteiger partial charge on any atom is 0.409 e. The van der Waals surface area contributed by atoms with Gasteiger partial charge in [-0.25, -0.2) is 4.79 Å². The lowest BCUT2D eigenvalue weighted by Crippen LogP contribution is -2.34. The van der Waals surface area contributed by atoms with E-state index in [1.165, 1.54) is 4.90 Å². The van der Waals surface area contributed by atoms with Crippen LogP contribution in [0.25, 0.3) is 0 Å². The molecule has 0 radical (unpaired) electrons. The van der Waals surface area contributed by atoms with Gasteiger partial charge in [0.2, 0.25) is 0 Å². The van der Waals surface area contributed by atoms with Gasteiger partial charge in [0.15, 0.2) is 0 Å². The van der Waals surface area contributed by atoms with Crippen molar-refractivity contribution >= 4 is 6.09 Å². The van der Waals surface area contributed by atoms with Gasteiger partial charge < -0.3 is 19.5 Å². The van der Waals surface area contributed by atoms with Crippen molar-refractivity contribution in [1.29, 1.82) is 0 Å². The van der Waals surface area contributed by atoms with Crippen molar-refractivity contribution in [2.45, 2.75) is 25.0 Å². The molecule has 0 aromatic carbocycles. The van der Waals surface area contributed by atoms with Crippen LogP contribution in [0.3, 0.4) is 0 Å². The zero-order chi connectivity index (χ0) is 10.6. The summed E-state index contributed by atoms with van der Waals surface area (Å²) in [5.41, 5.74) is 0. The minimum atomic E-state index is -0.381. The van der Waals surface area contributed by atoms with Crippen LogP contribution in [0, 0.1) is 0 Å². The monoisotopic (exact) mass is 203 g/mol. The van der Waals surface area contributed by atoms with Crippen LogP contribution in [-0.4, -0.2) is 55.6 Å². The number of hydrogen-bond donors (Lipinski definition) is 1. The van der Waals surface area contributed by atoms with Crippen LogP contribution >= 0.6 is 0 Å². The third kappa shape index (κ3) is 3.51. The van der Waals surface area contributed by atoms with Crippen molar-refractivity contribution in [3.05, 3.63) is 0 Å². The van der Waals surface area contributed by atoms with Crippen LogP contribution in [0.2, 0.25) is 0 Å². The first-order chi connectivity index (χ1) is 6.59. The Morgan fingerprint density at radius 2 is 2.36 bits per heavy atom. The molecule has 14 heavy (non-hydrogen) atoms. The van der Waals surface area contributed by atoms with E-state index in [9.17, 15) is 9.90 Å². The van der Waals surface area contributed by atoms with Crippen LogP contribution in [-0.2, 0) is 9.47 Å². The summed E-state index contributed by atoms with van der Waals surface area (Å²) >= 11 is 0. The number of nitrogens with zero attached hydrogens (tertiary/aromatic N) is 1. The molecule has 0 spiro atoms. The third-order valence-corrected chi connectivity index (χ3v) is 2.10. The highest BCUT2D eigenvalue weighted by Gasteiger charge is 2.22. The lowest BCUT2D eigenvalue weighted by Gasteiger charge is -2.26. The first kappa shape index (κ1) is 11.3. The fourth-order valence-electron chi connectivity index (χ4n) is 1.27. The van der Waals surface area contributed by atoms with Gasteiger partial charge in [-0.2, -0.15) is 0 Å². The molecule has 5 heteroatoms. The molecule has 1 saturated heterocycles. The van der Waals surface area contributed by atoms with Crippen molar-refractivity contribution in [3.8, 4) is 0 Å². The number of rotatable bonds is 2. The normalized spacial score (nSPS) is 27.1. The second-order valence-corrected chi connectivity index (χ2v) is 3.64. The lowest BCUT2D eigenvalue weighted by molar-refractivity contribution is -0.0683. The van der Waals surface area contributed by atoms with Gasteiger partial charge >= 0.3 is 6.09 Å². The molecular weight excluding hydrogens is 186 g/mol. The van der Waals surface area contributed by atoms with E-state index < -0.39 is 0 Å². The van der Waals surface area contributed by atoms with Crippen LogP contribution in [0.5, 0.6) is 0 Å². The molecule has 1 aliphatic rings. The highest BCUT2D eigenvalue weighted by molar-refractivity contribution is 5.66. The largest absolute Gasteiger partial charge is 0.447 e. The molecule has 0 aromatic rings. The van der Waals surface area contributed by atoms with Gasteiger partial charge in [0.25, 0.3) is 0 Å². The topological polar surface area (TPSA) is 59.0 Å². The second-order valence-electron chi connectivity index (χ2n) is 3.64. The molecule has 0 aromatic heterocycles. The Morgan fingerprint density at radius 3 is 2.93 bits per heavy atom. The van der Waals surface area contributed by atoms with Gasteiger partial charge in [-0.3, -0.25) is 0 Å². The maximum absolute atomic E-state index is 11.1. The summed E-state index contributed by atoms with van der Waals surface area (Å²) in [5, 5.41) is 9.32. The zero-order valence-corrected chi connectivity index (χ0v) is 8.60. The quantitative estimate of drug-likeness (QED) is 0.697. The van der Waals surface area contributed by atoms with Crippen molar-refractivity contribution in [3.63, 3.8) is 0 Å². The molecular formula is C9H17NO4. The Balaban J connectivity index is 2.20. The summed E-state index contributed by atoms with van der Waals surface area (Å²) in [5.74, 6) is 0. The summed E-state index contributed by atoms with van der Waals surface area (Å²) in [7, 11) is 3.25. The maximum atomic E-state index is 11.1. The van der Waals surface area contributed by atoms with E-state index in [2.05, 4.69) is 0 Å². The predicted octanol–water partition coefficient (Wildman–Crippen LogP) is 0.224. The van der Waals surface area contributed by atoms with E-state index in [0.29, 0.717) is 19.4 Å². The number of aliphatic hydroxyl groups excluding tert-OH is 1. The number of carbonyl (C=O) groups is 1. The van der Waals surface area contributed by atoms with E-state index in [1.807, 2.05) is 0 Å². The Kier molecular flexibility index (Phi) is 4.16. The number of ether oxygens (including phenoxy) is 2.